The van der Waals surface area contributed by atoms with Crippen LogP contribution in [0.4, 0.5) is 0 Å². The van der Waals surface area contributed by atoms with Crippen LogP contribution in [0.5, 0.6) is 17.2 Å². The number of aromatic nitrogens is 1. The molecule has 1 aliphatic heterocycles. The van der Waals surface area contributed by atoms with E-state index >= 15 is 0 Å². The number of fused-ring (bicyclic) bond motifs is 1. The Balaban J connectivity index is 1.93. The van der Waals surface area contributed by atoms with Gasteiger partial charge in [-0.2, -0.15) is 10.5 Å². The lowest BCUT2D eigenvalue weighted by Crippen LogP contribution is -2.31. The second kappa shape index (κ2) is 14.3. The average molecular weight is 575 g/mol. The molecule has 1 aromatic heterocycles. The van der Waals surface area contributed by atoms with Gasteiger partial charge in [0.25, 0.3) is 5.91 Å². The highest BCUT2D eigenvalue weighted by atomic mass is 16.5. The van der Waals surface area contributed by atoms with Crippen molar-refractivity contribution in [2.75, 3.05) is 33.4 Å². The third-order valence-electron chi connectivity index (χ3n) is 6.60. The predicted molar refractivity (Wildman–Crippen MR) is 156 cm³/mol. The number of hydrogen-bond donors (Lipinski definition) is 2. The highest BCUT2D eigenvalue weighted by Gasteiger charge is 2.32. The second-order valence-corrected chi connectivity index (χ2v) is 10.8. The largest absolute Gasteiger partial charge is 0.491 e. The number of benzene rings is 1. The molecule has 222 valence electrons. The van der Waals surface area contributed by atoms with Crippen LogP contribution in [-0.4, -0.2) is 60.8 Å². The number of nitrogens with zero attached hydrogens (tertiary/aromatic N) is 4. The van der Waals surface area contributed by atoms with E-state index in [1.807, 2.05) is 27.7 Å². The number of ketones is 1. The lowest BCUT2D eigenvalue weighted by atomic mass is 9.84. The Morgan fingerprint density at radius 3 is 2.31 bits per heavy atom. The standard InChI is InChI=1S/C31H38N6O5/c1-6-40-24-17-21-18-37(29(34)26(21)36-27(24)30(39)35-5)19-23(38)20-15-22(31(2,3)4)28(42-14-10-8-12-33)25(16-20)41-13-9-7-11-32/h15-17,34H,6-10,13-14,18-19H2,1-5H3,(H,35,39). The van der Waals surface area contributed by atoms with Gasteiger partial charge in [0.15, 0.2) is 28.7 Å². The van der Waals surface area contributed by atoms with Crippen LogP contribution >= 0.6 is 0 Å². The van der Waals surface area contributed by atoms with Gasteiger partial charge >= 0.3 is 0 Å². The van der Waals surface area contributed by atoms with Crippen molar-refractivity contribution < 1.29 is 23.8 Å². The van der Waals surface area contributed by atoms with Crippen LogP contribution in [0.15, 0.2) is 18.2 Å². The Morgan fingerprint density at radius 2 is 1.71 bits per heavy atom. The van der Waals surface area contributed by atoms with Crippen molar-refractivity contribution in [3.63, 3.8) is 0 Å². The summed E-state index contributed by atoms with van der Waals surface area (Å²) in [5.41, 5.74) is 1.90. The molecule has 0 unspecified atom stereocenters. The molecule has 0 atom stereocenters. The van der Waals surface area contributed by atoms with Gasteiger partial charge in [0.1, 0.15) is 11.5 Å². The van der Waals surface area contributed by atoms with Gasteiger partial charge in [-0.15, -0.1) is 0 Å². The zero-order valence-corrected chi connectivity index (χ0v) is 24.9. The summed E-state index contributed by atoms with van der Waals surface area (Å²) in [5.74, 6) is 0.648. The quantitative estimate of drug-likeness (QED) is 0.244. The maximum absolute atomic E-state index is 13.7. The number of unbranched alkanes of at least 4 members (excludes halogenated alkanes) is 2. The number of carbonyl (C=O) groups is 2. The zero-order chi connectivity index (χ0) is 30.9. The van der Waals surface area contributed by atoms with Crippen molar-refractivity contribution in [1.82, 2.24) is 15.2 Å². The van der Waals surface area contributed by atoms with Crippen LogP contribution in [-0.2, 0) is 12.0 Å². The summed E-state index contributed by atoms with van der Waals surface area (Å²) in [5, 5.41) is 29.1. The number of ether oxygens (including phenoxy) is 3. The van der Waals surface area contributed by atoms with Gasteiger partial charge in [0, 0.05) is 43.1 Å². The van der Waals surface area contributed by atoms with Crippen molar-refractivity contribution in [2.45, 2.75) is 65.3 Å². The van der Waals surface area contributed by atoms with Crippen LogP contribution in [0.3, 0.4) is 0 Å². The summed E-state index contributed by atoms with van der Waals surface area (Å²) in [4.78, 5) is 32.1. The number of nitriles is 2. The number of Topliss-reactive ketones (excluding diaryl/α,β-unsaturated/α-hetero) is 1. The summed E-state index contributed by atoms with van der Waals surface area (Å²) >= 11 is 0. The molecule has 1 aliphatic rings. The molecular weight excluding hydrogens is 536 g/mol. The van der Waals surface area contributed by atoms with Gasteiger partial charge < -0.3 is 24.4 Å². The molecule has 0 saturated heterocycles. The number of amidine groups is 1. The first kappa shape index (κ1) is 31.9. The molecule has 0 bridgehead atoms. The van der Waals surface area contributed by atoms with Crippen LogP contribution in [0.1, 0.15) is 91.0 Å². The maximum Gasteiger partial charge on any atom is 0.273 e. The maximum atomic E-state index is 13.7. The minimum Gasteiger partial charge on any atom is -0.491 e. The molecule has 42 heavy (non-hydrogen) atoms. The molecule has 0 fully saturated rings. The number of nitrogens with one attached hydrogen (secondary N) is 2. The molecule has 1 aromatic carbocycles. The smallest absolute Gasteiger partial charge is 0.273 e. The summed E-state index contributed by atoms with van der Waals surface area (Å²) in [6, 6.07) is 9.36. The molecule has 0 aliphatic carbocycles. The summed E-state index contributed by atoms with van der Waals surface area (Å²) < 4.78 is 17.8. The highest BCUT2D eigenvalue weighted by molar-refractivity contribution is 6.05. The van der Waals surface area contributed by atoms with E-state index in [9.17, 15) is 9.59 Å². The van der Waals surface area contributed by atoms with Crippen molar-refractivity contribution >= 4 is 17.5 Å². The monoisotopic (exact) mass is 574 g/mol. The topological polar surface area (TPSA) is 161 Å². The van der Waals surface area contributed by atoms with E-state index < -0.39 is 11.3 Å². The van der Waals surface area contributed by atoms with E-state index in [-0.39, 0.29) is 37.0 Å². The Morgan fingerprint density at radius 1 is 1.05 bits per heavy atom. The van der Waals surface area contributed by atoms with Crippen molar-refractivity contribution in [3.8, 4) is 29.4 Å². The van der Waals surface area contributed by atoms with Crippen molar-refractivity contribution in [3.05, 3.63) is 46.3 Å². The fraction of sp³-hybridized carbons (Fsp3) is 0.484. The molecule has 2 heterocycles. The molecule has 11 heteroatoms. The Bertz CT molecular complexity index is 1420. The number of pyridine rings is 1. The Kier molecular flexibility index (Phi) is 10.9. The summed E-state index contributed by atoms with van der Waals surface area (Å²) in [6.45, 7) is 8.96. The number of amides is 1. The first-order valence-corrected chi connectivity index (χ1v) is 14.0. The van der Waals surface area contributed by atoms with Gasteiger partial charge in [-0.3, -0.25) is 15.0 Å². The van der Waals surface area contributed by atoms with Gasteiger partial charge in [0.05, 0.1) is 38.5 Å². The summed E-state index contributed by atoms with van der Waals surface area (Å²) in [6.07, 6.45) is 1.76. The van der Waals surface area contributed by atoms with Crippen LogP contribution in [0, 0.1) is 28.1 Å². The molecule has 0 saturated carbocycles. The van der Waals surface area contributed by atoms with E-state index in [0.29, 0.717) is 73.0 Å². The van der Waals surface area contributed by atoms with Gasteiger partial charge in [-0.1, -0.05) is 20.8 Å². The first-order valence-electron chi connectivity index (χ1n) is 14.0. The van der Waals surface area contributed by atoms with Gasteiger partial charge in [0.2, 0.25) is 0 Å². The van der Waals surface area contributed by atoms with Gasteiger partial charge in [-0.25, -0.2) is 4.98 Å². The lowest BCUT2D eigenvalue weighted by molar-refractivity contribution is 0.0949. The highest BCUT2D eigenvalue weighted by Crippen LogP contribution is 2.40. The van der Waals surface area contributed by atoms with Crippen LogP contribution < -0.4 is 19.5 Å². The molecule has 2 N–H and O–H groups in total. The van der Waals surface area contributed by atoms with Crippen molar-refractivity contribution in [2.24, 2.45) is 0 Å². The molecule has 1 amide bonds. The number of rotatable bonds is 14. The SMILES string of the molecule is CCOc1cc2c(nc1C(=O)NC)C(=N)N(CC(=O)c1cc(OCCCC#N)c(OCCCC#N)c(C(C)(C)C)c1)C2. The average Bonchev–Trinajstić information content (AvgIpc) is 3.25. The van der Waals surface area contributed by atoms with E-state index in [1.54, 1.807) is 23.1 Å². The summed E-state index contributed by atoms with van der Waals surface area (Å²) in [7, 11) is 1.50. The fourth-order valence-electron chi connectivity index (χ4n) is 4.48. The Hall–Kier alpha value is -4.64. The minimum atomic E-state index is -0.421. The zero-order valence-electron chi connectivity index (χ0n) is 24.9. The minimum absolute atomic E-state index is 0.0491. The van der Waals surface area contributed by atoms with Gasteiger partial charge in [-0.05, 0) is 43.4 Å². The van der Waals surface area contributed by atoms with Crippen LogP contribution in [0.2, 0.25) is 0 Å². The fourth-order valence-corrected chi connectivity index (χ4v) is 4.48. The molecular formula is C31H38N6O5. The lowest BCUT2D eigenvalue weighted by Gasteiger charge is -2.26. The van der Waals surface area contributed by atoms with Crippen molar-refractivity contribution in [1.29, 1.82) is 15.9 Å². The number of carbonyl (C=O) groups excluding carboxylic acids is 2. The molecule has 0 spiro atoms. The second-order valence-electron chi connectivity index (χ2n) is 10.8. The number of hydrogen-bond acceptors (Lipinski definition) is 9. The normalized spacial score (nSPS) is 12.3. The van der Waals surface area contributed by atoms with E-state index in [4.69, 9.17) is 30.1 Å². The molecule has 11 nitrogen and oxygen atoms in total. The Labute approximate surface area is 246 Å². The predicted octanol–water partition coefficient (Wildman–Crippen LogP) is 4.53. The van der Waals surface area contributed by atoms with Crippen LogP contribution in [0.25, 0.3) is 0 Å². The molecule has 0 radical (unpaired) electrons. The van der Waals surface area contributed by atoms with E-state index in [2.05, 4.69) is 22.4 Å². The third kappa shape index (κ3) is 7.55. The van der Waals surface area contributed by atoms with E-state index in [1.165, 1.54) is 7.05 Å². The molecule has 3 rings (SSSR count). The molecule has 2 aromatic rings. The third-order valence-corrected chi connectivity index (χ3v) is 6.60. The first-order chi connectivity index (χ1) is 20.0. The van der Waals surface area contributed by atoms with E-state index in [0.717, 1.165) is 5.56 Å².